The second kappa shape index (κ2) is 6.46. The van der Waals surface area contributed by atoms with Crippen molar-refractivity contribution in [3.63, 3.8) is 0 Å². The number of fused-ring (bicyclic) bond motifs is 2. The molecule has 0 spiro atoms. The zero-order valence-corrected chi connectivity index (χ0v) is 14.9. The number of rotatable bonds is 3. The number of aliphatic imine (C=N–C) groups is 2. The fourth-order valence-corrected chi connectivity index (χ4v) is 3.21. The van der Waals surface area contributed by atoms with Crippen molar-refractivity contribution < 1.29 is 19.0 Å². The summed E-state index contributed by atoms with van der Waals surface area (Å²) in [7, 11) is 3.11. The van der Waals surface area contributed by atoms with E-state index in [4.69, 9.17) is 25.8 Å². The number of hydrogen-bond donors (Lipinski definition) is 0. The van der Waals surface area contributed by atoms with E-state index in [1.165, 1.54) is 0 Å². The normalized spacial score (nSPS) is 18.1. The summed E-state index contributed by atoms with van der Waals surface area (Å²) in [5, 5.41) is 0.598. The lowest BCUT2D eigenvalue weighted by Gasteiger charge is -2.27. The van der Waals surface area contributed by atoms with Gasteiger partial charge in [0.15, 0.2) is 5.84 Å². The number of carbonyl (C=O) groups excluding carboxylic acids is 1. The maximum absolute atomic E-state index is 12.6. The first-order valence-corrected chi connectivity index (χ1v) is 8.36. The number of halogens is 1. The van der Waals surface area contributed by atoms with Crippen LogP contribution in [0.4, 0.5) is 0 Å². The second-order valence-corrected chi connectivity index (χ2v) is 6.34. The molecule has 4 rings (SSSR count). The summed E-state index contributed by atoms with van der Waals surface area (Å²) in [6, 6.07) is 10.6. The lowest BCUT2D eigenvalue weighted by molar-refractivity contribution is -0.120. The maximum atomic E-state index is 12.6. The molecule has 26 heavy (non-hydrogen) atoms. The van der Waals surface area contributed by atoms with Crippen molar-refractivity contribution >= 4 is 29.2 Å². The Labute approximate surface area is 155 Å². The van der Waals surface area contributed by atoms with Crippen molar-refractivity contribution in [2.75, 3.05) is 14.2 Å². The second-order valence-electron chi connectivity index (χ2n) is 5.90. The molecule has 0 saturated heterocycles. The van der Waals surface area contributed by atoms with Crippen LogP contribution in [0, 0.1) is 5.92 Å². The molecule has 0 fully saturated rings. The monoisotopic (exact) mass is 370 g/mol. The summed E-state index contributed by atoms with van der Waals surface area (Å²) in [5.74, 6) is 1.54. The van der Waals surface area contributed by atoms with Crippen LogP contribution in [0.1, 0.15) is 11.1 Å². The molecule has 1 atom stereocenters. The van der Waals surface area contributed by atoms with Crippen LogP contribution in [0.2, 0.25) is 5.02 Å². The van der Waals surface area contributed by atoms with E-state index in [2.05, 4.69) is 9.98 Å². The Balaban J connectivity index is 1.76. The third kappa shape index (κ3) is 2.82. The van der Waals surface area contributed by atoms with Gasteiger partial charge in [-0.1, -0.05) is 11.6 Å². The van der Waals surface area contributed by atoms with Crippen molar-refractivity contribution in [2.24, 2.45) is 15.9 Å². The highest BCUT2D eigenvalue weighted by atomic mass is 35.5. The first-order chi connectivity index (χ1) is 12.6. The summed E-state index contributed by atoms with van der Waals surface area (Å²) in [6.07, 6.45) is 0.458. The number of hydrogen-bond acceptors (Lipinski definition) is 5. The molecule has 1 amide bonds. The number of amidine groups is 1. The van der Waals surface area contributed by atoms with Crippen LogP contribution in [-0.2, 0) is 11.2 Å². The number of benzene rings is 2. The standard InChI is InChI=1S/C19H15ClN2O4/c1-24-12-4-6-16(25-2)13(9-12)17-21-18(23)14-8-10-7-11(20)3-5-15(10)26-19(14)22-17/h3-7,9,14H,8H2,1-2H3. The summed E-state index contributed by atoms with van der Waals surface area (Å²) in [6.45, 7) is 0. The molecule has 0 bridgehead atoms. The summed E-state index contributed by atoms with van der Waals surface area (Å²) < 4.78 is 16.5. The van der Waals surface area contributed by atoms with E-state index in [-0.39, 0.29) is 11.7 Å². The van der Waals surface area contributed by atoms with Gasteiger partial charge in [0.2, 0.25) is 5.90 Å². The van der Waals surface area contributed by atoms with E-state index in [9.17, 15) is 4.79 Å². The molecule has 2 aromatic carbocycles. The van der Waals surface area contributed by atoms with Gasteiger partial charge in [0.05, 0.1) is 19.8 Å². The fraction of sp³-hybridized carbons (Fsp3) is 0.211. The maximum Gasteiger partial charge on any atom is 0.260 e. The van der Waals surface area contributed by atoms with Gasteiger partial charge in [-0.3, -0.25) is 4.79 Å². The van der Waals surface area contributed by atoms with Crippen molar-refractivity contribution in [1.82, 2.24) is 0 Å². The summed E-state index contributed by atoms with van der Waals surface area (Å²) in [4.78, 5) is 21.3. The highest BCUT2D eigenvalue weighted by molar-refractivity contribution is 6.30. The zero-order valence-electron chi connectivity index (χ0n) is 14.2. The van der Waals surface area contributed by atoms with Gasteiger partial charge in [0.25, 0.3) is 5.91 Å². The number of methoxy groups -OCH3 is 2. The molecule has 7 heteroatoms. The predicted molar refractivity (Wildman–Crippen MR) is 97.8 cm³/mol. The first-order valence-electron chi connectivity index (χ1n) is 7.99. The van der Waals surface area contributed by atoms with Crippen LogP contribution in [-0.4, -0.2) is 31.9 Å². The SMILES string of the molecule is COc1ccc(OC)c(C2=NC(=O)C3Cc4cc(Cl)ccc4OC3=N2)c1. The molecule has 0 N–H and O–H groups in total. The Bertz CT molecular complexity index is 968. The Kier molecular flexibility index (Phi) is 4.12. The highest BCUT2D eigenvalue weighted by Crippen LogP contribution is 2.34. The van der Waals surface area contributed by atoms with Gasteiger partial charge in [0.1, 0.15) is 23.2 Å². The Morgan fingerprint density at radius 1 is 1.12 bits per heavy atom. The van der Waals surface area contributed by atoms with E-state index in [0.717, 1.165) is 5.56 Å². The molecule has 0 radical (unpaired) electrons. The molecule has 1 unspecified atom stereocenters. The van der Waals surface area contributed by atoms with Gasteiger partial charge in [-0.15, -0.1) is 0 Å². The Morgan fingerprint density at radius 2 is 1.96 bits per heavy atom. The van der Waals surface area contributed by atoms with Gasteiger partial charge < -0.3 is 14.2 Å². The van der Waals surface area contributed by atoms with Crippen LogP contribution in [0.3, 0.4) is 0 Å². The zero-order chi connectivity index (χ0) is 18.3. The van der Waals surface area contributed by atoms with Crippen molar-refractivity contribution in [1.29, 1.82) is 0 Å². The van der Waals surface area contributed by atoms with E-state index in [1.807, 2.05) is 0 Å². The topological polar surface area (TPSA) is 69.5 Å². The van der Waals surface area contributed by atoms with E-state index in [0.29, 0.717) is 40.2 Å². The minimum absolute atomic E-state index is 0.245. The van der Waals surface area contributed by atoms with Crippen molar-refractivity contribution in [3.8, 4) is 17.2 Å². The molecule has 0 aromatic heterocycles. The third-order valence-corrected chi connectivity index (χ3v) is 4.57. The van der Waals surface area contributed by atoms with E-state index < -0.39 is 5.92 Å². The van der Waals surface area contributed by atoms with Crippen LogP contribution < -0.4 is 14.2 Å². The minimum Gasteiger partial charge on any atom is -0.497 e. The fourth-order valence-electron chi connectivity index (χ4n) is 3.01. The highest BCUT2D eigenvalue weighted by Gasteiger charge is 2.36. The molecular formula is C19H15ClN2O4. The molecule has 2 aliphatic rings. The van der Waals surface area contributed by atoms with Gasteiger partial charge in [-0.05, 0) is 48.4 Å². The summed E-state index contributed by atoms with van der Waals surface area (Å²) >= 11 is 6.03. The number of nitrogens with zero attached hydrogens (tertiary/aromatic N) is 2. The van der Waals surface area contributed by atoms with Gasteiger partial charge in [-0.25, -0.2) is 0 Å². The van der Waals surface area contributed by atoms with Crippen LogP contribution in [0.25, 0.3) is 0 Å². The van der Waals surface area contributed by atoms with Crippen LogP contribution in [0.15, 0.2) is 46.4 Å². The average Bonchev–Trinajstić information content (AvgIpc) is 2.66. The minimum atomic E-state index is -0.540. The smallest absolute Gasteiger partial charge is 0.260 e. The lowest BCUT2D eigenvalue weighted by Crippen LogP contribution is -2.37. The van der Waals surface area contributed by atoms with Gasteiger partial charge >= 0.3 is 0 Å². The molecule has 2 heterocycles. The summed E-state index contributed by atoms with van der Waals surface area (Å²) in [5.41, 5.74) is 1.43. The molecular weight excluding hydrogens is 356 g/mol. The van der Waals surface area contributed by atoms with Crippen molar-refractivity contribution in [3.05, 3.63) is 52.5 Å². The lowest BCUT2D eigenvalue weighted by atomic mass is 9.94. The van der Waals surface area contributed by atoms with Crippen molar-refractivity contribution in [2.45, 2.75) is 6.42 Å². The third-order valence-electron chi connectivity index (χ3n) is 4.34. The van der Waals surface area contributed by atoms with E-state index >= 15 is 0 Å². The number of amides is 1. The quantitative estimate of drug-likeness (QED) is 0.831. The molecule has 132 valence electrons. The Hall–Kier alpha value is -2.86. The molecule has 2 aromatic rings. The number of carbonyl (C=O) groups is 1. The average molecular weight is 371 g/mol. The molecule has 0 saturated carbocycles. The van der Waals surface area contributed by atoms with Crippen LogP contribution >= 0.6 is 11.6 Å². The Morgan fingerprint density at radius 3 is 2.73 bits per heavy atom. The number of ether oxygens (including phenoxy) is 3. The molecule has 0 aliphatic carbocycles. The largest absolute Gasteiger partial charge is 0.497 e. The van der Waals surface area contributed by atoms with E-state index in [1.54, 1.807) is 50.6 Å². The van der Waals surface area contributed by atoms with Gasteiger partial charge in [-0.2, -0.15) is 9.98 Å². The van der Waals surface area contributed by atoms with Crippen LogP contribution in [0.5, 0.6) is 17.2 Å². The predicted octanol–water partition coefficient (Wildman–Crippen LogP) is 3.29. The van der Waals surface area contributed by atoms with Gasteiger partial charge in [0, 0.05) is 5.02 Å². The molecule has 6 nitrogen and oxygen atoms in total. The molecule has 2 aliphatic heterocycles. The first kappa shape index (κ1) is 16.6.